The molecule has 1 saturated carbocycles. The van der Waals surface area contributed by atoms with Crippen molar-refractivity contribution in [3.8, 4) is 17.6 Å². The minimum Gasteiger partial charge on any atom is -0.506 e. The average molecular weight is 459 g/mol. The smallest absolute Gasteiger partial charge is 0.159 e. The highest BCUT2D eigenvalue weighted by atomic mass is 35.5. The van der Waals surface area contributed by atoms with Crippen LogP contribution in [-0.2, 0) is 11.2 Å². The number of allylic oxidation sites excluding steroid dienone is 1. The number of hydrogen-bond acceptors (Lipinski definition) is 6. The van der Waals surface area contributed by atoms with Crippen LogP contribution >= 0.6 is 11.6 Å². The van der Waals surface area contributed by atoms with Gasteiger partial charge in [0.2, 0.25) is 0 Å². The fourth-order valence-electron chi connectivity index (χ4n) is 4.60. The molecule has 0 radical (unpaired) electrons. The van der Waals surface area contributed by atoms with Gasteiger partial charge in [0.1, 0.15) is 17.9 Å². The first kappa shape index (κ1) is 21.4. The van der Waals surface area contributed by atoms with Crippen molar-refractivity contribution in [2.45, 2.75) is 6.42 Å². The fraction of sp³-hybridized carbons (Fsp3) is 0.269. The number of anilines is 2. The number of piperidine rings is 1. The summed E-state index contributed by atoms with van der Waals surface area (Å²) in [4.78, 5) is 23.4. The molecule has 1 saturated heterocycles. The van der Waals surface area contributed by atoms with Crippen LogP contribution in [0.4, 0.5) is 11.5 Å². The van der Waals surface area contributed by atoms with E-state index in [4.69, 9.17) is 11.6 Å². The second-order valence-corrected chi connectivity index (χ2v) is 9.14. The zero-order valence-electron chi connectivity index (χ0n) is 18.2. The van der Waals surface area contributed by atoms with Crippen molar-refractivity contribution >= 4 is 39.8 Å². The summed E-state index contributed by atoms with van der Waals surface area (Å²) in [5, 5.41) is 13.9. The average Bonchev–Trinajstić information content (AvgIpc) is 3.26. The third kappa shape index (κ3) is 4.30. The Balaban J connectivity index is 1.51. The molecule has 0 spiro atoms. The number of carbonyl (C=O) groups is 1. The van der Waals surface area contributed by atoms with Gasteiger partial charge < -0.3 is 15.3 Å². The summed E-state index contributed by atoms with van der Waals surface area (Å²) in [7, 11) is 2.15. The third-order valence-corrected chi connectivity index (χ3v) is 6.72. The van der Waals surface area contributed by atoms with Crippen molar-refractivity contribution in [1.29, 1.82) is 0 Å². The van der Waals surface area contributed by atoms with Gasteiger partial charge in [-0.25, -0.2) is 9.97 Å². The van der Waals surface area contributed by atoms with Gasteiger partial charge in [0.05, 0.1) is 10.5 Å². The number of aromatic nitrogens is 2. The van der Waals surface area contributed by atoms with Crippen LogP contribution in [-0.4, -0.2) is 45.9 Å². The van der Waals surface area contributed by atoms with Crippen LogP contribution in [0, 0.1) is 29.6 Å². The van der Waals surface area contributed by atoms with E-state index in [9.17, 15) is 9.90 Å². The van der Waals surface area contributed by atoms with Crippen LogP contribution in [0.3, 0.4) is 0 Å². The highest BCUT2D eigenvalue weighted by Crippen LogP contribution is 2.50. The number of fused-ring (bicyclic) bond motifs is 2. The number of nitrogens with zero attached hydrogens (tertiary/aromatic N) is 3. The van der Waals surface area contributed by atoms with E-state index in [-0.39, 0.29) is 23.0 Å². The highest BCUT2D eigenvalue weighted by Gasteiger charge is 2.53. The van der Waals surface area contributed by atoms with Gasteiger partial charge in [0, 0.05) is 42.1 Å². The normalized spacial score (nSPS) is 21.2. The topological polar surface area (TPSA) is 78.3 Å². The summed E-state index contributed by atoms with van der Waals surface area (Å²) in [6.07, 6.45) is 3.03. The Bertz CT molecular complexity index is 1330. The number of nitrogens with one attached hydrogen (secondary N) is 1. The molecule has 1 unspecified atom stereocenters. The summed E-state index contributed by atoms with van der Waals surface area (Å²) in [6.45, 7) is 5.82. The first-order valence-electron chi connectivity index (χ1n) is 10.8. The molecule has 0 bridgehead atoms. The number of hydrogen-bond donors (Lipinski definition) is 2. The van der Waals surface area contributed by atoms with Crippen molar-refractivity contribution < 1.29 is 9.90 Å². The second kappa shape index (κ2) is 8.51. The lowest BCUT2D eigenvalue weighted by atomic mass is 9.99. The maximum atomic E-state index is 12.2. The van der Waals surface area contributed by atoms with Crippen molar-refractivity contribution in [2.75, 3.05) is 25.5 Å². The minimum atomic E-state index is -0.0704. The molecule has 33 heavy (non-hydrogen) atoms. The highest BCUT2D eigenvalue weighted by molar-refractivity contribution is 6.32. The van der Waals surface area contributed by atoms with Crippen molar-refractivity contribution in [1.82, 2.24) is 14.9 Å². The van der Waals surface area contributed by atoms with E-state index in [0.29, 0.717) is 29.3 Å². The number of carbonyl (C=O) groups excluding carboxylic acids is 1. The number of halogens is 1. The third-order valence-electron chi connectivity index (χ3n) is 6.41. The molecule has 6 nitrogen and oxygen atoms in total. The van der Waals surface area contributed by atoms with Crippen LogP contribution in [0.2, 0.25) is 5.02 Å². The first-order valence-corrected chi connectivity index (χ1v) is 11.2. The molecular weight excluding hydrogens is 436 g/mol. The van der Waals surface area contributed by atoms with Crippen LogP contribution in [0.1, 0.15) is 11.1 Å². The molecule has 2 N–H and O–H groups in total. The molecule has 2 aromatic carbocycles. The van der Waals surface area contributed by atoms with Crippen molar-refractivity contribution in [3.63, 3.8) is 0 Å². The molecule has 2 heterocycles. The Morgan fingerprint density at radius 3 is 2.82 bits per heavy atom. The van der Waals surface area contributed by atoms with Gasteiger partial charge >= 0.3 is 0 Å². The standard InChI is InChI=1S/C26H23ClN4O2/c1-3-18(32)8-16-9-20-24(10-15(16)4-6-19-21-12-31(2)13-22(19)21)28-14-29-26(20)30-17-5-7-25(33)23(27)11-17/h3,5,7,9-11,14,19,21-22,33H,1,8,12-13H2,2H3,(H,28,29,30)/t19?,21-,22+. The molecule has 2 aliphatic rings. The predicted octanol–water partition coefficient (Wildman–Crippen LogP) is 4.19. The Morgan fingerprint density at radius 1 is 1.30 bits per heavy atom. The summed E-state index contributed by atoms with van der Waals surface area (Å²) >= 11 is 6.04. The molecule has 1 aromatic heterocycles. The lowest BCUT2D eigenvalue weighted by Gasteiger charge is -2.12. The first-order chi connectivity index (χ1) is 15.9. The molecule has 2 fully saturated rings. The molecule has 0 amide bonds. The largest absolute Gasteiger partial charge is 0.506 e. The number of phenols is 1. The van der Waals surface area contributed by atoms with E-state index in [1.54, 1.807) is 12.1 Å². The van der Waals surface area contributed by atoms with Gasteiger partial charge in [-0.15, -0.1) is 0 Å². The Morgan fingerprint density at radius 2 is 2.09 bits per heavy atom. The number of benzene rings is 2. The predicted molar refractivity (Wildman–Crippen MR) is 130 cm³/mol. The maximum absolute atomic E-state index is 12.2. The SMILES string of the molecule is C=CC(=O)Cc1cc2c(Nc3ccc(O)c(Cl)c3)ncnc2cc1C#CC1[C@H]2CN(C)C[C@@H]12. The van der Waals surface area contributed by atoms with E-state index in [1.807, 2.05) is 12.1 Å². The van der Waals surface area contributed by atoms with E-state index >= 15 is 0 Å². The monoisotopic (exact) mass is 458 g/mol. The summed E-state index contributed by atoms with van der Waals surface area (Å²) in [5.74, 6) is 9.06. The summed E-state index contributed by atoms with van der Waals surface area (Å²) in [6, 6.07) is 8.69. The van der Waals surface area contributed by atoms with Crippen LogP contribution in [0.25, 0.3) is 10.9 Å². The summed E-state index contributed by atoms with van der Waals surface area (Å²) < 4.78 is 0. The summed E-state index contributed by atoms with van der Waals surface area (Å²) in [5.41, 5.74) is 3.04. The molecule has 166 valence electrons. The molecule has 1 aliphatic heterocycles. The molecule has 3 aromatic rings. The van der Waals surface area contributed by atoms with Gasteiger partial charge in [-0.1, -0.05) is 30.0 Å². The van der Waals surface area contributed by atoms with Crippen LogP contribution < -0.4 is 5.32 Å². The van der Waals surface area contributed by atoms with E-state index in [0.717, 1.165) is 35.1 Å². The van der Waals surface area contributed by atoms with Crippen LogP contribution in [0.15, 0.2) is 49.3 Å². The van der Waals surface area contributed by atoms with Gasteiger partial charge in [-0.3, -0.25) is 4.79 Å². The zero-order chi connectivity index (χ0) is 23.1. The van der Waals surface area contributed by atoms with Crippen molar-refractivity contribution in [3.05, 3.63) is 65.5 Å². The lowest BCUT2D eigenvalue weighted by Crippen LogP contribution is -2.18. The molecule has 3 atom stereocenters. The van der Waals surface area contributed by atoms with E-state index in [2.05, 4.69) is 45.7 Å². The quantitative estimate of drug-likeness (QED) is 0.339. The van der Waals surface area contributed by atoms with E-state index < -0.39 is 0 Å². The van der Waals surface area contributed by atoms with Gasteiger partial charge in [0.15, 0.2) is 5.78 Å². The van der Waals surface area contributed by atoms with Crippen LogP contribution in [0.5, 0.6) is 5.75 Å². The fourth-order valence-corrected chi connectivity index (χ4v) is 4.78. The number of rotatable bonds is 5. The number of phenolic OH excluding ortho intramolecular Hbond substituents is 1. The van der Waals surface area contributed by atoms with Crippen molar-refractivity contribution in [2.24, 2.45) is 17.8 Å². The molecule has 1 aliphatic carbocycles. The number of aromatic hydroxyl groups is 1. The molecule has 7 heteroatoms. The van der Waals surface area contributed by atoms with E-state index in [1.165, 1.54) is 18.5 Å². The van der Waals surface area contributed by atoms with Gasteiger partial charge in [0.25, 0.3) is 0 Å². The van der Waals surface area contributed by atoms with Gasteiger partial charge in [-0.2, -0.15) is 0 Å². The Hall–Kier alpha value is -3.40. The zero-order valence-corrected chi connectivity index (χ0v) is 18.9. The second-order valence-electron chi connectivity index (χ2n) is 8.73. The Labute approximate surface area is 197 Å². The number of ketones is 1. The Kier molecular flexibility index (Phi) is 5.53. The maximum Gasteiger partial charge on any atom is 0.159 e. The lowest BCUT2D eigenvalue weighted by molar-refractivity contribution is -0.114. The minimum absolute atomic E-state index is 0.00893. The molecular formula is C26H23ClN4O2. The van der Waals surface area contributed by atoms with Gasteiger partial charge in [-0.05, 0) is 60.9 Å². The molecule has 5 rings (SSSR count). The number of likely N-dealkylation sites (tertiary alicyclic amines) is 1.